The first-order valence-corrected chi connectivity index (χ1v) is 5.38. The van der Waals surface area contributed by atoms with E-state index in [1.54, 1.807) is 6.92 Å². The lowest BCUT2D eigenvalue weighted by Gasteiger charge is -2.13. The molecule has 0 bridgehead atoms. The maximum Gasteiger partial charge on any atom is 0.333 e. The Morgan fingerprint density at radius 3 is 2.41 bits per heavy atom. The molecule has 0 spiro atoms. The van der Waals surface area contributed by atoms with E-state index in [4.69, 9.17) is 4.74 Å². The Labute approximate surface area is 99.7 Å². The van der Waals surface area contributed by atoms with Gasteiger partial charge in [0.25, 0.3) is 11.8 Å². The van der Waals surface area contributed by atoms with E-state index in [1.807, 2.05) is 0 Å². The van der Waals surface area contributed by atoms with Crippen LogP contribution in [0.4, 0.5) is 0 Å². The van der Waals surface area contributed by atoms with Crippen LogP contribution in [0.3, 0.4) is 0 Å². The first kappa shape index (κ1) is 13.2. The molecule has 0 saturated carbocycles. The molecule has 0 aromatic rings. The van der Waals surface area contributed by atoms with Crippen molar-refractivity contribution in [1.82, 2.24) is 4.90 Å². The molecule has 0 N–H and O–H groups in total. The van der Waals surface area contributed by atoms with E-state index in [0.29, 0.717) is 25.0 Å². The van der Waals surface area contributed by atoms with Crippen molar-refractivity contribution in [3.05, 3.63) is 24.3 Å². The van der Waals surface area contributed by atoms with Crippen LogP contribution in [0, 0.1) is 0 Å². The van der Waals surface area contributed by atoms with Crippen LogP contribution in [0.5, 0.6) is 0 Å². The van der Waals surface area contributed by atoms with Crippen molar-refractivity contribution in [2.45, 2.75) is 19.8 Å². The Hall–Kier alpha value is -1.91. The van der Waals surface area contributed by atoms with E-state index in [0.717, 1.165) is 0 Å². The monoisotopic (exact) mass is 237 g/mol. The molecule has 0 aliphatic carbocycles. The lowest BCUT2D eigenvalue weighted by molar-refractivity contribution is -0.140. The normalized spacial score (nSPS) is 14.3. The molecule has 1 rings (SSSR count). The summed E-state index contributed by atoms with van der Waals surface area (Å²) in [4.78, 5) is 34.5. The van der Waals surface area contributed by atoms with Gasteiger partial charge in [0.1, 0.15) is 0 Å². The lowest BCUT2D eigenvalue weighted by Crippen LogP contribution is -2.31. The molecule has 1 aliphatic heterocycles. The number of carbonyl (C=O) groups excluding carboxylic acids is 3. The van der Waals surface area contributed by atoms with Crippen molar-refractivity contribution in [3.63, 3.8) is 0 Å². The van der Waals surface area contributed by atoms with E-state index in [-0.39, 0.29) is 18.4 Å². The van der Waals surface area contributed by atoms with Crippen LogP contribution in [0.25, 0.3) is 0 Å². The standard InChI is InChI=1S/C12H15NO4/c1-9(2)12(16)17-8-4-3-7-13-10(14)5-6-11(13)15/h5-6H,1,3-4,7-8H2,2H3. The first-order valence-electron chi connectivity index (χ1n) is 5.38. The van der Waals surface area contributed by atoms with Crippen LogP contribution in [0.1, 0.15) is 19.8 Å². The summed E-state index contributed by atoms with van der Waals surface area (Å²) in [7, 11) is 0. The fourth-order valence-corrected chi connectivity index (χ4v) is 1.31. The van der Waals surface area contributed by atoms with E-state index in [2.05, 4.69) is 6.58 Å². The van der Waals surface area contributed by atoms with Crippen molar-refractivity contribution in [3.8, 4) is 0 Å². The second-order valence-electron chi connectivity index (χ2n) is 3.78. The van der Waals surface area contributed by atoms with Gasteiger partial charge in [0, 0.05) is 24.3 Å². The third kappa shape index (κ3) is 3.86. The average Bonchev–Trinajstić information content (AvgIpc) is 2.59. The number of unbranched alkanes of at least 4 members (excludes halogenated alkanes) is 1. The number of carbonyl (C=O) groups is 3. The second-order valence-corrected chi connectivity index (χ2v) is 3.78. The van der Waals surface area contributed by atoms with Gasteiger partial charge in [0.2, 0.25) is 0 Å². The summed E-state index contributed by atoms with van der Waals surface area (Å²) in [6.45, 7) is 5.67. The predicted molar refractivity (Wildman–Crippen MR) is 60.9 cm³/mol. The van der Waals surface area contributed by atoms with Gasteiger partial charge in [-0.15, -0.1) is 0 Å². The molecule has 1 aliphatic rings. The highest BCUT2D eigenvalue weighted by molar-refractivity contribution is 6.12. The number of hydrogen-bond acceptors (Lipinski definition) is 4. The zero-order valence-electron chi connectivity index (χ0n) is 9.77. The SMILES string of the molecule is C=C(C)C(=O)OCCCCN1C(=O)C=CC1=O. The third-order valence-electron chi connectivity index (χ3n) is 2.26. The quantitative estimate of drug-likeness (QED) is 0.297. The molecule has 0 fully saturated rings. The summed E-state index contributed by atoms with van der Waals surface area (Å²) in [5, 5.41) is 0. The topological polar surface area (TPSA) is 63.7 Å². The molecule has 92 valence electrons. The number of hydrogen-bond donors (Lipinski definition) is 0. The van der Waals surface area contributed by atoms with Gasteiger partial charge in [-0.1, -0.05) is 6.58 Å². The molecule has 0 saturated heterocycles. The molecule has 2 amide bonds. The minimum absolute atomic E-state index is 0.273. The molecule has 17 heavy (non-hydrogen) atoms. The van der Waals surface area contributed by atoms with Crippen LogP contribution in [-0.2, 0) is 19.1 Å². The average molecular weight is 237 g/mol. The van der Waals surface area contributed by atoms with Gasteiger partial charge in [-0.05, 0) is 19.8 Å². The van der Waals surface area contributed by atoms with Crippen molar-refractivity contribution in [1.29, 1.82) is 0 Å². The second kappa shape index (κ2) is 5.98. The van der Waals surface area contributed by atoms with Crippen LogP contribution in [-0.4, -0.2) is 35.8 Å². The van der Waals surface area contributed by atoms with Crippen molar-refractivity contribution >= 4 is 17.8 Å². The maximum absolute atomic E-state index is 11.2. The molecular weight excluding hydrogens is 222 g/mol. The van der Waals surface area contributed by atoms with E-state index in [9.17, 15) is 14.4 Å². The highest BCUT2D eigenvalue weighted by Crippen LogP contribution is 2.05. The number of ether oxygens (including phenoxy) is 1. The van der Waals surface area contributed by atoms with Crippen molar-refractivity contribution in [2.75, 3.05) is 13.2 Å². The number of imide groups is 1. The Kier molecular flexibility index (Phi) is 4.63. The molecule has 0 aromatic heterocycles. The van der Waals surface area contributed by atoms with Gasteiger partial charge in [-0.2, -0.15) is 0 Å². The van der Waals surface area contributed by atoms with Gasteiger partial charge >= 0.3 is 5.97 Å². The first-order chi connectivity index (χ1) is 8.02. The maximum atomic E-state index is 11.2. The van der Waals surface area contributed by atoms with Crippen LogP contribution < -0.4 is 0 Å². The summed E-state index contributed by atoms with van der Waals surface area (Å²) in [6, 6.07) is 0. The highest BCUT2D eigenvalue weighted by atomic mass is 16.5. The molecule has 0 aromatic carbocycles. The minimum atomic E-state index is -0.417. The largest absolute Gasteiger partial charge is 0.462 e. The Bertz CT molecular complexity index is 366. The van der Waals surface area contributed by atoms with Crippen LogP contribution in [0.15, 0.2) is 24.3 Å². The van der Waals surface area contributed by atoms with Crippen molar-refractivity contribution in [2.24, 2.45) is 0 Å². The fraction of sp³-hybridized carbons (Fsp3) is 0.417. The predicted octanol–water partition coefficient (Wildman–Crippen LogP) is 0.811. The van der Waals surface area contributed by atoms with Gasteiger partial charge in [0.05, 0.1) is 6.61 Å². The molecule has 1 heterocycles. The molecule has 5 heteroatoms. The Morgan fingerprint density at radius 1 is 1.29 bits per heavy atom. The molecular formula is C12H15NO4. The Balaban J connectivity index is 2.13. The molecule has 0 atom stereocenters. The van der Waals surface area contributed by atoms with Crippen LogP contribution >= 0.6 is 0 Å². The Morgan fingerprint density at radius 2 is 1.88 bits per heavy atom. The van der Waals surface area contributed by atoms with E-state index in [1.165, 1.54) is 17.1 Å². The minimum Gasteiger partial charge on any atom is -0.462 e. The lowest BCUT2D eigenvalue weighted by atomic mass is 10.3. The number of esters is 1. The molecule has 0 unspecified atom stereocenters. The summed E-state index contributed by atoms with van der Waals surface area (Å²) in [6.07, 6.45) is 3.73. The van der Waals surface area contributed by atoms with Gasteiger partial charge in [0.15, 0.2) is 0 Å². The summed E-state index contributed by atoms with van der Waals surface area (Å²) >= 11 is 0. The van der Waals surface area contributed by atoms with Gasteiger partial charge < -0.3 is 4.74 Å². The zero-order valence-corrected chi connectivity index (χ0v) is 9.77. The summed E-state index contributed by atoms with van der Waals surface area (Å²) < 4.78 is 4.88. The van der Waals surface area contributed by atoms with Crippen LogP contribution in [0.2, 0.25) is 0 Å². The summed E-state index contributed by atoms with van der Waals surface area (Å²) in [5.74, 6) is -0.983. The number of rotatable bonds is 6. The third-order valence-corrected chi connectivity index (χ3v) is 2.26. The van der Waals surface area contributed by atoms with E-state index < -0.39 is 5.97 Å². The molecule has 5 nitrogen and oxygen atoms in total. The van der Waals surface area contributed by atoms with E-state index >= 15 is 0 Å². The highest BCUT2D eigenvalue weighted by Gasteiger charge is 2.22. The zero-order chi connectivity index (χ0) is 12.8. The summed E-state index contributed by atoms with van der Waals surface area (Å²) in [5.41, 5.74) is 0.360. The number of nitrogens with zero attached hydrogens (tertiary/aromatic N) is 1. The van der Waals surface area contributed by atoms with Gasteiger partial charge in [-0.3, -0.25) is 14.5 Å². The smallest absolute Gasteiger partial charge is 0.333 e. The van der Waals surface area contributed by atoms with Crippen molar-refractivity contribution < 1.29 is 19.1 Å². The number of amides is 2. The molecule has 0 radical (unpaired) electrons. The van der Waals surface area contributed by atoms with Gasteiger partial charge in [-0.25, -0.2) is 4.79 Å². The fourth-order valence-electron chi connectivity index (χ4n) is 1.31.